The van der Waals surface area contributed by atoms with Gasteiger partial charge in [-0.2, -0.15) is 0 Å². The third-order valence-electron chi connectivity index (χ3n) is 1.64. The summed E-state index contributed by atoms with van der Waals surface area (Å²) in [6, 6.07) is 0. The molecule has 0 spiro atoms. The van der Waals surface area contributed by atoms with E-state index in [9.17, 15) is 4.79 Å². The number of amides is 1. The molecule has 0 aliphatic carbocycles. The molecule has 13 heavy (non-hydrogen) atoms. The van der Waals surface area contributed by atoms with Crippen LogP contribution in [0.4, 0.5) is 0 Å². The van der Waals surface area contributed by atoms with Crippen molar-refractivity contribution in [3.63, 3.8) is 0 Å². The molecule has 1 amide bonds. The molecule has 0 fully saturated rings. The first-order chi connectivity index (χ1) is 5.95. The Labute approximate surface area is 81.1 Å². The van der Waals surface area contributed by atoms with Crippen LogP contribution in [0.2, 0.25) is 0 Å². The lowest BCUT2D eigenvalue weighted by Crippen LogP contribution is -2.28. The van der Waals surface area contributed by atoms with Gasteiger partial charge in [0.05, 0.1) is 0 Å². The fraction of sp³-hybridized carbons (Fsp3) is 0.900. The third-order valence-corrected chi connectivity index (χ3v) is 1.64. The summed E-state index contributed by atoms with van der Waals surface area (Å²) in [5.74, 6) is 0.143. The minimum atomic E-state index is 0.0813. The van der Waals surface area contributed by atoms with Gasteiger partial charge in [0.1, 0.15) is 0 Å². The van der Waals surface area contributed by atoms with Crippen LogP contribution in [0.3, 0.4) is 0 Å². The maximum atomic E-state index is 11.3. The highest BCUT2D eigenvalue weighted by Gasteiger charge is 2.14. The van der Waals surface area contributed by atoms with E-state index in [1.807, 2.05) is 0 Å². The first-order valence-corrected chi connectivity index (χ1v) is 4.92. The summed E-state index contributed by atoms with van der Waals surface area (Å²) >= 11 is 0. The molecular weight excluding hydrogens is 164 g/mol. The molecule has 0 aromatic carbocycles. The molecule has 0 aliphatic rings. The zero-order chi connectivity index (χ0) is 10.3. The summed E-state index contributed by atoms with van der Waals surface area (Å²) in [5.41, 5.74) is 5.42. The van der Waals surface area contributed by atoms with E-state index >= 15 is 0 Å². The van der Waals surface area contributed by atoms with Crippen molar-refractivity contribution in [2.45, 2.75) is 40.0 Å². The Morgan fingerprint density at radius 1 is 1.31 bits per heavy atom. The van der Waals surface area contributed by atoms with Crippen LogP contribution in [0, 0.1) is 5.41 Å². The molecule has 0 saturated heterocycles. The molecule has 0 rings (SSSR count). The van der Waals surface area contributed by atoms with Crippen molar-refractivity contribution in [2.75, 3.05) is 13.1 Å². The van der Waals surface area contributed by atoms with Crippen LogP contribution >= 0.6 is 0 Å². The minimum absolute atomic E-state index is 0.0813. The number of nitrogens with two attached hydrogens (primary N) is 1. The van der Waals surface area contributed by atoms with Gasteiger partial charge in [-0.25, -0.2) is 0 Å². The second kappa shape index (κ2) is 5.97. The molecule has 0 atom stereocenters. The first kappa shape index (κ1) is 12.4. The van der Waals surface area contributed by atoms with E-state index < -0.39 is 0 Å². The lowest BCUT2D eigenvalue weighted by Gasteiger charge is -2.17. The van der Waals surface area contributed by atoms with E-state index in [0.29, 0.717) is 13.0 Å². The number of carbonyl (C=O) groups is 1. The van der Waals surface area contributed by atoms with E-state index in [-0.39, 0.29) is 11.3 Å². The van der Waals surface area contributed by atoms with Crippen LogP contribution in [0.25, 0.3) is 0 Å². The fourth-order valence-electron chi connectivity index (χ4n) is 1.04. The standard InChI is InChI=1S/C10H22N2O/c1-10(2,3)8-9(13)12-7-5-4-6-11/h4-8,11H2,1-3H3,(H,12,13). The summed E-state index contributed by atoms with van der Waals surface area (Å²) in [6.45, 7) is 7.65. The van der Waals surface area contributed by atoms with Crippen LogP contribution < -0.4 is 11.1 Å². The Bertz CT molecular complexity index is 149. The Morgan fingerprint density at radius 3 is 2.38 bits per heavy atom. The molecule has 0 unspecified atom stereocenters. The summed E-state index contributed by atoms with van der Waals surface area (Å²) in [7, 11) is 0. The van der Waals surface area contributed by atoms with Crippen molar-refractivity contribution in [2.24, 2.45) is 11.1 Å². The summed E-state index contributed by atoms with van der Waals surface area (Å²) in [4.78, 5) is 11.3. The zero-order valence-corrected chi connectivity index (χ0v) is 9.02. The highest BCUT2D eigenvalue weighted by atomic mass is 16.1. The molecule has 0 aliphatic heterocycles. The van der Waals surface area contributed by atoms with E-state index in [0.717, 1.165) is 19.4 Å². The lowest BCUT2D eigenvalue weighted by molar-refractivity contribution is -0.122. The SMILES string of the molecule is CC(C)(C)CC(=O)NCCCCN. The van der Waals surface area contributed by atoms with Crippen molar-refractivity contribution in [3.8, 4) is 0 Å². The second-order valence-electron chi connectivity index (χ2n) is 4.58. The smallest absolute Gasteiger partial charge is 0.220 e. The van der Waals surface area contributed by atoms with Crippen LogP contribution in [-0.4, -0.2) is 19.0 Å². The number of carbonyl (C=O) groups excluding carboxylic acids is 1. The van der Waals surface area contributed by atoms with Gasteiger partial charge in [-0.15, -0.1) is 0 Å². The summed E-state index contributed by atoms with van der Waals surface area (Å²) < 4.78 is 0. The van der Waals surface area contributed by atoms with Gasteiger partial charge in [0, 0.05) is 13.0 Å². The molecule has 0 heterocycles. The van der Waals surface area contributed by atoms with Gasteiger partial charge in [0.25, 0.3) is 0 Å². The average Bonchev–Trinajstić information content (AvgIpc) is 1.94. The minimum Gasteiger partial charge on any atom is -0.356 e. The van der Waals surface area contributed by atoms with E-state index in [4.69, 9.17) is 5.73 Å². The van der Waals surface area contributed by atoms with Crippen molar-refractivity contribution >= 4 is 5.91 Å². The third kappa shape index (κ3) is 9.34. The molecule has 3 heteroatoms. The predicted octanol–water partition coefficient (Wildman–Crippen LogP) is 1.28. The van der Waals surface area contributed by atoms with E-state index in [1.54, 1.807) is 0 Å². The molecule has 3 N–H and O–H groups in total. The highest BCUT2D eigenvalue weighted by Crippen LogP contribution is 2.17. The van der Waals surface area contributed by atoms with Crippen molar-refractivity contribution in [1.82, 2.24) is 5.32 Å². The van der Waals surface area contributed by atoms with Crippen LogP contribution in [0.5, 0.6) is 0 Å². The van der Waals surface area contributed by atoms with Gasteiger partial charge in [0.15, 0.2) is 0 Å². The van der Waals surface area contributed by atoms with Crippen LogP contribution in [0.15, 0.2) is 0 Å². The molecular formula is C10H22N2O. The van der Waals surface area contributed by atoms with Crippen LogP contribution in [-0.2, 0) is 4.79 Å². The van der Waals surface area contributed by atoms with Gasteiger partial charge in [-0.3, -0.25) is 4.79 Å². The lowest BCUT2D eigenvalue weighted by atomic mass is 9.92. The first-order valence-electron chi connectivity index (χ1n) is 4.92. The van der Waals surface area contributed by atoms with E-state index in [1.165, 1.54) is 0 Å². The number of rotatable bonds is 5. The average molecular weight is 186 g/mol. The summed E-state index contributed by atoms with van der Waals surface area (Å²) in [5, 5.41) is 2.88. The van der Waals surface area contributed by atoms with Crippen molar-refractivity contribution < 1.29 is 4.79 Å². The van der Waals surface area contributed by atoms with Crippen molar-refractivity contribution in [3.05, 3.63) is 0 Å². The van der Waals surface area contributed by atoms with Gasteiger partial charge in [-0.1, -0.05) is 20.8 Å². The molecule has 0 aromatic heterocycles. The number of hydrogen-bond donors (Lipinski definition) is 2. The zero-order valence-electron chi connectivity index (χ0n) is 9.02. The predicted molar refractivity (Wildman–Crippen MR) is 55.4 cm³/mol. The Balaban J connectivity index is 3.41. The Kier molecular flexibility index (Phi) is 5.71. The quantitative estimate of drug-likeness (QED) is 0.635. The fourth-order valence-corrected chi connectivity index (χ4v) is 1.04. The maximum absolute atomic E-state index is 11.3. The molecule has 0 aromatic rings. The molecule has 0 bridgehead atoms. The molecule has 78 valence electrons. The Morgan fingerprint density at radius 2 is 1.92 bits per heavy atom. The number of nitrogens with one attached hydrogen (secondary N) is 1. The normalized spacial score (nSPS) is 11.4. The Hall–Kier alpha value is -0.570. The monoisotopic (exact) mass is 186 g/mol. The molecule has 0 saturated carbocycles. The van der Waals surface area contributed by atoms with Gasteiger partial charge >= 0.3 is 0 Å². The van der Waals surface area contributed by atoms with Gasteiger partial charge in [0.2, 0.25) is 5.91 Å². The summed E-state index contributed by atoms with van der Waals surface area (Å²) in [6.07, 6.45) is 2.55. The van der Waals surface area contributed by atoms with Crippen LogP contribution in [0.1, 0.15) is 40.0 Å². The maximum Gasteiger partial charge on any atom is 0.220 e. The van der Waals surface area contributed by atoms with Gasteiger partial charge < -0.3 is 11.1 Å². The number of hydrogen-bond acceptors (Lipinski definition) is 2. The van der Waals surface area contributed by atoms with E-state index in [2.05, 4.69) is 26.1 Å². The second-order valence-corrected chi connectivity index (χ2v) is 4.58. The largest absolute Gasteiger partial charge is 0.356 e. The van der Waals surface area contributed by atoms with Gasteiger partial charge in [-0.05, 0) is 24.8 Å². The molecule has 3 nitrogen and oxygen atoms in total. The molecule has 0 radical (unpaired) electrons. The van der Waals surface area contributed by atoms with Crippen molar-refractivity contribution in [1.29, 1.82) is 0 Å². The highest BCUT2D eigenvalue weighted by molar-refractivity contribution is 5.76. The number of unbranched alkanes of at least 4 members (excludes halogenated alkanes) is 1. The topological polar surface area (TPSA) is 55.1 Å².